The second kappa shape index (κ2) is 8.10. The summed E-state index contributed by atoms with van der Waals surface area (Å²) in [4.78, 5) is 24.6. The summed E-state index contributed by atoms with van der Waals surface area (Å²) in [6.45, 7) is 0. The van der Waals surface area contributed by atoms with E-state index < -0.39 is 5.97 Å². The molecule has 0 saturated heterocycles. The summed E-state index contributed by atoms with van der Waals surface area (Å²) in [7, 11) is 2.97. The predicted molar refractivity (Wildman–Crippen MR) is 103 cm³/mol. The first kappa shape index (κ1) is 18.1. The average molecular weight is 369 g/mol. The number of carbonyl (C=O) groups excluding carboxylic acids is 2. The van der Waals surface area contributed by atoms with Gasteiger partial charge in [-0.3, -0.25) is 9.36 Å². The molecule has 3 aromatic rings. The zero-order valence-electron chi connectivity index (χ0n) is 14.6. The Hall–Kier alpha value is -2.73. The number of rotatable bonds is 6. The molecule has 5 nitrogen and oxygen atoms in total. The minimum absolute atomic E-state index is 0.0742. The number of esters is 1. The van der Waals surface area contributed by atoms with Crippen molar-refractivity contribution < 1.29 is 19.1 Å². The highest BCUT2D eigenvalue weighted by molar-refractivity contribution is 7.99. The molecule has 0 atom stereocenters. The highest BCUT2D eigenvalue weighted by Gasteiger charge is 2.18. The predicted octanol–water partition coefficient (Wildman–Crippen LogP) is 4.01. The molecule has 3 rings (SSSR count). The van der Waals surface area contributed by atoms with Gasteiger partial charge in [0.2, 0.25) is 5.91 Å². The number of nitrogens with zero attached hydrogens (tertiary/aromatic N) is 1. The second-order valence-corrected chi connectivity index (χ2v) is 6.64. The van der Waals surface area contributed by atoms with Gasteiger partial charge in [-0.25, -0.2) is 4.79 Å². The standard InChI is InChI=1S/C20H19NO4S/c1-24-15-9-7-14(8-10-15)12-26-13-19(22)21-11-17(20(23)25-2)16-5-3-4-6-18(16)21/h3-11H,12-13H2,1-2H3. The largest absolute Gasteiger partial charge is 0.497 e. The molecule has 0 amide bonds. The van der Waals surface area contributed by atoms with Crippen LogP contribution in [0.1, 0.15) is 20.7 Å². The van der Waals surface area contributed by atoms with E-state index in [0.717, 1.165) is 17.1 Å². The van der Waals surface area contributed by atoms with Crippen LogP contribution in [0.5, 0.6) is 5.75 Å². The van der Waals surface area contributed by atoms with Crippen LogP contribution in [0.4, 0.5) is 0 Å². The quantitative estimate of drug-likeness (QED) is 0.615. The smallest absolute Gasteiger partial charge is 0.340 e. The summed E-state index contributed by atoms with van der Waals surface area (Å²) in [6, 6.07) is 15.1. The van der Waals surface area contributed by atoms with E-state index in [-0.39, 0.29) is 5.91 Å². The van der Waals surface area contributed by atoms with Crippen LogP contribution in [0.15, 0.2) is 54.7 Å². The van der Waals surface area contributed by atoms with Crippen LogP contribution in [0.3, 0.4) is 0 Å². The van der Waals surface area contributed by atoms with Crippen LogP contribution in [-0.4, -0.2) is 36.4 Å². The van der Waals surface area contributed by atoms with Crippen molar-refractivity contribution in [3.63, 3.8) is 0 Å². The van der Waals surface area contributed by atoms with Crippen molar-refractivity contribution in [2.75, 3.05) is 20.0 Å². The van der Waals surface area contributed by atoms with Gasteiger partial charge in [-0.1, -0.05) is 30.3 Å². The minimum atomic E-state index is -0.446. The number of carbonyl (C=O) groups is 2. The van der Waals surface area contributed by atoms with Gasteiger partial charge in [-0.2, -0.15) is 0 Å². The van der Waals surface area contributed by atoms with E-state index in [1.165, 1.54) is 23.4 Å². The Bertz CT molecular complexity index is 931. The van der Waals surface area contributed by atoms with Crippen molar-refractivity contribution in [2.24, 2.45) is 0 Å². The molecule has 0 N–H and O–H groups in total. The van der Waals surface area contributed by atoms with E-state index in [4.69, 9.17) is 9.47 Å². The molecule has 0 fully saturated rings. The maximum Gasteiger partial charge on any atom is 0.340 e. The van der Waals surface area contributed by atoms with Gasteiger partial charge in [-0.15, -0.1) is 11.8 Å². The number of methoxy groups -OCH3 is 2. The fourth-order valence-electron chi connectivity index (χ4n) is 2.71. The van der Waals surface area contributed by atoms with Gasteiger partial charge in [0.1, 0.15) is 5.75 Å². The Morgan fingerprint density at radius 3 is 2.46 bits per heavy atom. The molecule has 1 heterocycles. The van der Waals surface area contributed by atoms with Crippen molar-refractivity contribution in [3.05, 3.63) is 65.9 Å². The third-order valence-corrected chi connectivity index (χ3v) is 5.03. The third kappa shape index (κ3) is 3.75. The zero-order chi connectivity index (χ0) is 18.5. The number of para-hydroxylation sites is 1. The molecule has 0 radical (unpaired) electrons. The van der Waals surface area contributed by atoms with Crippen LogP contribution < -0.4 is 4.74 Å². The molecule has 26 heavy (non-hydrogen) atoms. The lowest BCUT2D eigenvalue weighted by atomic mass is 10.2. The fraction of sp³-hybridized carbons (Fsp3) is 0.200. The van der Waals surface area contributed by atoms with Gasteiger partial charge >= 0.3 is 5.97 Å². The lowest BCUT2D eigenvalue weighted by molar-refractivity contribution is 0.0603. The number of thioether (sulfide) groups is 1. The monoisotopic (exact) mass is 369 g/mol. The molecule has 0 unspecified atom stereocenters. The topological polar surface area (TPSA) is 57.5 Å². The Morgan fingerprint density at radius 1 is 1.04 bits per heavy atom. The molecular formula is C20H19NO4S. The van der Waals surface area contributed by atoms with Crippen LogP contribution in [-0.2, 0) is 10.5 Å². The summed E-state index contributed by atoms with van der Waals surface area (Å²) >= 11 is 1.53. The Kier molecular flexibility index (Phi) is 5.63. The molecule has 0 aliphatic carbocycles. The van der Waals surface area contributed by atoms with E-state index in [2.05, 4.69) is 0 Å². The maximum atomic E-state index is 12.6. The van der Waals surface area contributed by atoms with Crippen molar-refractivity contribution in [3.8, 4) is 5.75 Å². The van der Waals surface area contributed by atoms with E-state index in [0.29, 0.717) is 22.2 Å². The number of hydrogen-bond acceptors (Lipinski definition) is 5. The van der Waals surface area contributed by atoms with E-state index >= 15 is 0 Å². The molecule has 2 aromatic carbocycles. The number of ether oxygens (including phenoxy) is 2. The summed E-state index contributed by atoms with van der Waals surface area (Å²) < 4.78 is 11.5. The van der Waals surface area contributed by atoms with Crippen LogP contribution in [0.25, 0.3) is 10.9 Å². The molecule has 0 bridgehead atoms. The van der Waals surface area contributed by atoms with Crippen LogP contribution >= 0.6 is 11.8 Å². The van der Waals surface area contributed by atoms with Gasteiger partial charge in [0.05, 0.1) is 31.1 Å². The lowest BCUT2D eigenvalue weighted by Gasteiger charge is -2.05. The first-order valence-corrected chi connectivity index (χ1v) is 9.21. The molecule has 0 aliphatic heterocycles. The minimum Gasteiger partial charge on any atom is -0.497 e. The highest BCUT2D eigenvalue weighted by Crippen LogP contribution is 2.23. The third-order valence-electron chi connectivity index (χ3n) is 4.04. The van der Waals surface area contributed by atoms with Gasteiger partial charge in [0.25, 0.3) is 0 Å². The van der Waals surface area contributed by atoms with Gasteiger partial charge < -0.3 is 9.47 Å². The zero-order valence-corrected chi connectivity index (χ0v) is 15.4. The van der Waals surface area contributed by atoms with Crippen molar-refractivity contribution in [1.29, 1.82) is 0 Å². The lowest BCUT2D eigenvalue weighted by Crippen LogP contribution is -2.12. The SMILES string of the molecule is COC(=O)c1cn(C(=O)CSCc2ccc(OC)cc2)c2ccccc12. The molecular weight excluding hydrogens is 350 g/mol. The molecule has 6 heteroatoms. The first-order chi connectivity index (χ1) is 12.6. The highest BCUT2D eigenvalue weighted by atomic mass is 32.2. The summed E-state index contributed by atoms with van der Waals surface area (Å²) in [5.74, 6) is 1.32. The van der Waals surface area contributed by atoms with Crippen LogP contribution in [0.2, 0.25) is 0 Å². The maximum absolute atomic E-state index is 12.6. The summed E-state index contributed by atoms with van der Waals surface area (Å²) in [5, 5.41) is 0.716. The van der Waals surface area contributed by atoms with Crippen molar-refractivity contribution >= 4 is 34.5 Å². The van der Waals surface area contributed by atoms with E-state index in [9.17, 15) is 9.59 Å². The fourth-order valence-corrected chi connectivity index (χ4v) is 3.55. The molecule has 0 aliphatic rings. The second-order valence-electron chi connectivity index (χ2n) is 5.66. The summed E-state index contributed by atoms with van der Waals surface area (Å²) in [6.07, 6.45) is 1.56. The van der Waals surface area contributed by atoms with Gasteiger partial charge in [0.15, 0.2) is 0 Å². The number of fused-ring (bicyclic) bond motifs is 1. The van der Waals surface area contributed by atoms with Crippen LogP contribution in [0, 0.1) is 0 Å². The Labute approximate surface area is 155 Å². The Balaban J connectivity index is 1.72. The van der Waals surface area contributed by atoms with E-state index in [1.807, 2.05) is 48.5 Å². The number of aromatic nitrogens is 1. The summed E-state index contributed by atoms with van der Waals surface area (Å²) in [5.41, 5.74) is 2.23. The number of benzene rings is 2. The molecule has 1 aromatic heterocycles. The van der Waals surface area contributed by atoms with E-state index in [1.54, 1.807) is 13.3 Å². The normalized spacial score (nSPS) is 10.7. The number of hydrogen-bond donors (Lipinski definition) is 0. The van der Waals surface area contributed by atoms with Crippen molar-refractivity contribution in [1.82, 2.24) is 4.57 Å². The molecule has 0 saturated carbocycles. The molecule has 0 spiro atoms. The van der Waals surface area contributed by atoms with Gasteiger partial charge in [0, 0.05) is 17.3 Å². The van der Waals surface area contributed by atoms with Gasteiger partial charge in [-0.05, 0) is 23.8 Å². The first-order valence-electron chi connectivity index (χ1n) is 8.06. The average Bonchev–Trinajstić information content (AvgIpc) is 3.07. The molecule has 134 valence electrons. The Morgan fingerprint density at radius 2 is 1.77 bits per heavy atom. The van der Waals surface area contributed by atoms with Crippen molar-refractivity contribution in [2.45, 2.75) is 5.75 Å².